The Morgan fingerprint density at radius 1 is 1.36 bits per heavy atom. The van der Waals surface area contributed by atoms with Gasteiger partial charge in [-0.25, -0.2) is 0 Å². The van der Waals surface area contributed by atoms with Crippen molar-refractivity contribution in [3.05, 3.63) is 0 Å². The van der Waals surface area contributed by atoms with Gasteiger partial charge in [0.25, 0.3) is 0 Å². The molecule has 0 nitrogen and oxygen atoms in total. The summed E-state index contributed by atoms with van der Waals surface area (Å²) < 4.78 is 0. The lowest BCUT2D eigenvalue weighted by Gasteiger charge is -2.04. The second-order valence-corrected chi connectivity index (χ2v) is 4.04. The molecular formula is C9H21ClS. The highest BCUT2D eigenvalue weighted by Gasteiger charge is 1.94. The number of unbranched alkanes of at least 4 members (excludes halogenated alkanes) is 1. The van der Waals surface area contributed by atoms with Crippen molar-refractivity contribution in [2.24, 2.45) is 5.92 Å². The molecule has 2 heteroatoms. The Hall–Kier alpha value is 0.640. The van der Waals surface area contributed by atoms with Gasteiger partial charge in [0.2, 0.25) is 0 Å². The first-order valence-electron chi connectivity index (χ1n) is 4.37. The van der Waals surface area contributed by atoms with Crippen LogP contribution in [0, 0.1) is 5.92 Å². The maximum atomic E-state index is 4.92. The summed E-state index contributed by atoms with van der Waals surface area (Å²) in [7, 11) is 6.14. The van der Waals surface area contributed by atoms with Crippen molar-refractivity contribution < 1.29 is 0 Å². The molecule has 0 saturated carbocycles. The van der Waals surface area contributed by atoms with E-state index in [-0.39, 0.29) is 0 Å². The van der Waals surface area contributed by atoms with Gasteiger partial charge in [-0.3, -0.25) is 0 Å². The van der Waals surface area contributed by atoms with E-state index in [9.17, 15) is 0 Å². The van der Waals surface area contributed by atoms with Crippen LogP contribution in [0.3, 0.4) is 0 Å². The lowest BCUT2D eigenvalue weighted by molar-refractivity contribution is 0.492. The third-order valence-corrected chi connectivity index (χ3v) is 1.75. The normalized spacial score (nSPS) is 11.7. The first-order valence-corrected chi connectivity index (χ1v) is 6.42. The molecule has 0 rings (SSSR count). The van der Waals surface area contributed by atoms with Crippen LogP contribution in [-0.4, -0.2) is 6.26 Å². The van der Waals surface area contributed by atoms with Gasteiger partial charge >= 0.3 is 0 Å². The Morgan fingerprint density at radius 3 is 2.09 bits per heavy atom. The van der Waals surface area contributed by atoms with Crippen molar-refractivity contribution in [1.82, 2.24) is 0 Å². The standard InChI is InChI=1S/C8H18.CH3ClS/c1-4-6-7-8(3)5-2;1-3-2/h8H,4-7H2,1-3H3;1H3. The van der Waals surface area contributed by atoms with Gasteiger partial charge in [0.05, 0.1) is 0 Å². The molecule has 0 fully saturated rings. The lowest BCUT2D eigenvalue weighted by Crippen LogP contribution is -1.89. The summed E-state index contributed by atoms with van der Waals surface area (Å²) in [4.78, 5) is 0. The molecule has 11 heavy (non-hydrogen) atoms. The van der Waals surface area contributed by atoms with Crippen molar-refractivity contribution in [1.29, 1.82) is 0 Å². The monoisotopic (exact) mass is 196 g/mol. The quantitative estimate of drug-likeness (QED) is 0.627. The molecule has 0 heterocycles. The first-order chi connectivity index (χ1) is 5.22. The summed E-state index contributed by atoms with van der Waals surface area (Å²) >= 11 is 0. The van der Waals surface area contributed by atoms with Crippen molar-refractivity contribution >= 4 is 21.7 Å². The van der Waals surface area contributed by atoms with Crippen LogP contribution in [0.25, 0.3) is 0 Å². The molecule has 0 aliphatic heterocycles. The average molecular weight is 197 g/mol. The topological polar surface area (TPSA) is 0 Å². The minimum absolute atomic E-state index is 0.954. The molecule has 70 valence electrons. The van der Waals surface area contributed by atoms with E-state index in [1.54, 1.807) is 0 Å². The van der Waals surface area contributed by atoms with E-state index in [0.29, 0.717) is 0 Å². The highest BCUT2D eigenvalue weighted by atomic mass is 35.7. The van der Waals surface area contributed by atoms with Crippen LogP contribution in [0.2, 0.25) is 0 Å². The van der Waals surface area contributed by atoms with Crippen molar-refractivity contribution in [2.45, 2.75) is 46.5 Å². The Morgan fingerprint density at radius 2 is 1.82 bits per heavy atom. The summed E-state index contributed by atoms with van der Waals surface area (Å²) in [6, 6.07) is 0. The van der Waals surface area contributed by atoms with Gasteiger partial charge in [0.1, 0.15) is 0 Å². The molecule has 0 aliphatic rings. The largest absolute Gasteiger partial charge is 0.0654 e. The van der Waals surface area contributed by atoms with Crippen LogP contribution >= 0.6 is 21.7 Å². The molecule has 0 radical (unpaired) electrons. The zero-order valence-corrected chi connectivity index (χ0v) is 9.76. The Kier molecular flexibility index (Phi) is 17.1. The first kappa shape index (κ1) is 14.2. The lowest BCUT2D eigenvalue weighted by atomic mass is 10.0. The van der Waals surface area contributed by atoms with Crippen LogP contribution in [0.1, 0.15) is 46.5 Å². The van der Waals surface area contributed by atoms with E-state index in [1.807, 2.05) is 6.26 Å². The van der Waals surface area contributed by atoms with E-state index in [2.05, 4.69) is 20.8 Å². The molecule has 0 aromatic heterocycles. The van der Waals surface area contributed by atoms with Gasteiger partial charge in [-0.05, 0) is 22.9 Å². The fourth-order valence-electron chi connectivity index (χ4n) is 0.757. The number of hydrogen-bond donors (Lipinski definition) is 0. The predicted octanol–water partition coefficient (Wildman–Crippen LogP) is 4.73. The fraction of sp³-hybridized carbons (Fsp3) is 1.00. The molecule has 1 unspecified atom stereocenters. The van der Waals surface area contributed by atoms with Crippen LogP contribution in [0.15, 0.2) is 0 Å². The summed E-state index contributed by atoms with van der Waals surface area (Å²) in [6.07, 6.45) is 7.34. The molecule has 0 N–H and O–H groups in total. The third kappa shape index (κ3) is 18.0. The van der Waals surface area contributed by atoms with Gasteiger partial charge in [-0.1, -0.05) is 57.4 Å². The van der Waals surface area contributed by atoms with Crippen LogP contribution in [0.4, 0.5) is 0 Å². The molecule has 1 atom stereocenters. The molecule has 0 bridgehead atoms. The highest BCUT2D eigenvalue weighted by Crippen LogP contribution is 2.09. The van der Waals surface area contributed by atoms with E-state index in [0.717, 1.165) is 5.92 Å². The Balaban J connectivity index is 0. The molecule has 0 aliphatic carbocycles. The maximum absolute atomic E-state index is 4.92. The summed E-state index contributed by atoms with van der Waals surface area (Å²) in [5.41, 5.74) is 0. The van der Waals surface area contributed by atoms with E-state index >= 15 is 0 Å². The molecular weight excluding hydrogens is 176 g/mol. The smallest absolute Gasteiger partial charge is 0.00307 e. The van der Waals surface area contributed by atoms with E-state index in [4.69, 9.17) is 10.7 Å². The van der Waals surface area contributed by atoms with Crippen molar-refractivity contribution in [2.75, 3.05) is 6.26 Å². The molecule has 0 aromatic carbocycles. The minimum atomic E-state index is 0.954. The highest BCUT2D eigenvalue weighted by molar-refractivity contribution is 8.20. The van der Waals surface area contributed by atoms with Crippen LogP contribution < -0.4 is 0 Å². The van der Waals surface area contributed by atoms with E-state index < -0.39 is 0 Å². The summed E-state index contributed by atoms with van der Waals surface area (Å²) in [6.45, 7) is 6.85. The van der Waals surface area contributed by atoms with Crippen LogP contribution in [-0.2, 0) is 0 Å². The summed E-state index contributed by atoms with van der Waals surface area (Å²) in [5.74, 6) is 0.954. The predicted molar refractivity (Wildman–Crippen MR) is 58.3 cm³/mol. The summed E-state index contributed by atoms with van der Waals surface area (Å²) in [5, 5.41) is 0. The molecule has 0 spiro atoms. The number of halogens is 1. The van der Waals surface area contributed by atoms with Crippen molar-refractivity contribution in [3.63, 3.8) is 0 Å². The Labute approximate surface area is 80.6 Å². The second-order valence-electron chi connectivity index (χ2n) is 2.81. The minimum Gasteiger partial charge on any atom is -0.0654 e. The average Bonchev–Trinajstić information content (AvgIpc) is 2.02. The Bertz CT molecular complexity index is 57.5. The zero-order chi connectivity index (χ0) is 9.11. The molecule has 0 aromatic rings. The third-order valence-electron chi connectivity index (χ3n) is 1.75. The molecule has 0 amide bonds. The zero-order valence-electron chi connectivity index (χ0n) is 8.19. The SMILES string of the molecule is CCCCC(C)CC.CSCl. The number of hydrogen-bond acceptors (Lipinski definition) is 1. The van der Waals surface area contributed by atoms with Crippen molar-refractivity contribution in [3.8, 4) is 0 Å². The van der Waals surface area contributed by atoms with E-state index in [1.165, 1.54) is 36.7 Å². The van der Waals surface area contributed by atoms with Gasteiger partial charge in [0.15, 0.2) is 0 Å². The second kappa shape index (κ2) is 13.2. The van der Waals surface area contributed by atoms with Gasteiger partial charge < -0.3 is 0 Å². The number of rotatable bonds is 4. The van der Waals surface area contributed by atoms with Crippen LogP contribution in [0.5, 0.6) is 0 Å². The van der Waals surface area contributed by atoms with Gasteiger partial charge in [-0.2, -0.15) is 0 Å². The van der Waals surface area contributed by atoms with Gasteiger partial charge in [-0.15, -0.1) is 0 Å². The molecule has 0 saturated heterocycles. The maximum Gasteiger partial charge on any atom is -0.00307 e. The fourth-order valence-corrected chi connectivity index (χ4v) is 0.757. The van der Waals surface area contributed by atoms with Gasteiger partial charge in [0, 0.05) is 0 Å².